The van der Waals surface area contributed by atoms with E-state index in [0.717, 1.165) is 0 Å². The number of esters is 2. The van der Waals surface area contributed by atoms with E-state index in [1.54, 1.807) is 24.3 Å². The van der Waals surface area contributed by atoms with Crippen molar-refractivity contribution in [2.45, 2.75) is 0 Å². The first-order chi connectivity index (χ1) is 6.77. The van der Waals surface area contributed by atoms with Crippen LogP contribution in [0.2, 0.25) is 0 Å². The molecule has 0 spiro atoms. The third-order valence-corrected chi connectivity index (χ3v) is 1.91. The molecule has 0 aromatic heterocycles. The van der Waals surface area contributed by atoms with Gasteiger partial charge in [0.25, 0.3) is 0 Å². The SMILES string of the molecule is O.O=C1OCCOC(=O)c2ccc1cc2. The number of hydrogen-bond acceptors (Lipinski definition) is 4. The van der Waals surface area contributed by atoms with E-state index in [1.165, 1.54) is 0 Å². The van der Waals surface area contributed by atoms with Crippen LogP contribution in [0.25, 0.3) is 0 Å². The first kappa shape index (κ1) is 11.2. The van der Waals surface area contributed by atoms with Gasteiger partial charge in [0.1, 0.15) is 13.2 Å². The van der Waals surface area contributed by atoms with Crippen LogP contribution in [-0.4, -0.2) is 30.6 Å². The average molecular weight is 210 g/mol. The van der Waals surface area contributed by atoms with Crippen LogP contribution in [0.15, 0.2) is 24.3 Å². The summed E-state index contributed by atoms with van der Waals surface area (Å²) >= 11 is 0. The van der Waals surface area contributed by atoms with Gasteiger partial charge in [0.2, 0.25) is 0 Å². The molecule has 5 nitrogen and oxygen atoms in total. The molecule has 2 aliphatic heterocycles. The molecule has 2 heterocycles. The highest BCUT2D eigenvalue weighted by atomic mass is 16.6. The molecule has 1 aromatic rings. The van der Waals surface area contributed by atoms with Crippen molar-refractivity contribution in [1.29, 1.82) is 0 Å². The van der Waals surface area contributed by atoms with Gasteiger partial charge in [-0.2, -0.15) is 0 Å². The van der Waals surface area contributed by atoms with E-state index in [1.807, 2.05) is 0 Å². The van der Waals surface area contributed by atoms with Gasteiger partial charge < -0.3 is 14.9 Å². The number of hydrogen-bond donors (Lipinski definition) is 0. The average Bonchev–Trinajstić information content (AvgIpc) is 2.23. The molecule has 2 bridgehead atoms. The van der Waals surface area contributed by atoms with E-state index in [-0.39, 0.29) is 18.7 Å². The van der Waals surface area contributed by atoms with Crippen LogP contribution in [0, 0.1) is 0 Å². The van der Waals surface area contributed by atoms with Gasteiger partial charge in [0, 0.05) is 0 Å². The largest absolute Gasteiger partial charge is 0.458 e. The second kappa shape index (κ2) is 4.56. The van der Waals surface area contributed by atoms with Crippen LogP contribution in [0.4, 0.5) is 0 Å². The number of fused-ring (bicyclic) bond motifs is 7. The zero-order chi connectivity index (χ0) is 9.97. The Bertz CT molecular complexity index is 331. The van der Waals surface area contributed by atoms with Crippen molar-refractivity contribution in [2.24, 2.45) is 0 Å². The number of ether oxygens (including phenoxy) is 2. The van der Waals surface area contributed by atoms with Gasteiger partial charge >= 0.3 is 11.9 Å². The molecule has 0 fully saturated rings. The zero-order valence-corrected chi connectivity index (χ0v) is 7.86. The topological polar surface area (TPSA) is 84.1 Å². The molecular formula is C10H10O5. The van der Waals surface area contributed by atoms with E-state index < -0.39 is 11.9 Å². The van der Waals surface area contributed by atoms with Crippen molar-refractivity contribution in [2.75, 3.05) is 13.2 Å². The van der Waals surface area contributed by atoms with Gasteiger partial charge in [0.05, 0.1) is 11.1 Å². The molecule has 0 saturated heterocycles. The Labute approximate surface area is 85.9 Å². The first-order valence-corrected chi connectivity index (χ1v) is 4.22. The number of rotatable bonds is 0. The van der Waals surface area contributed by atoms with Crippen molar-refractivity contribution in [3.63, 3.8) is 0 Å². The van der Waals surface area contributed by atoms with E-state index >= 15 is 0 Å². The Kier molecular flexibility index (Phi) is 3.41. The minimum absolute atomic E-state index is 0. The van der Waals surface area contributed by atoms with Crippen LogP contribution < -0.4 is 0 Å². The molecule has 0 unspecified atom stereocenters. The van der Waals surface area contributed by atoms with E-state index in [0.29, 0.717) is 11.1 Å². The lowest BCUT2D eigenvalue weighted by Crippen LogP contribution is -2.16. The van der Waals surface area contributed by atoms with Crippen LogP contribution in [0.1, 0.15) is 20.7 Å². The summed E-state index contributed by atoms with van der Waals surface area (Å²) in [6, 6.07) is 6.18. The first-order valence-electron chi connectivity index (χ1n) is 4.22. The second-order valence-electron chi connectivity index (χ2n) is 2.85. The minimum atomic E-state index is -0.394. The maximum atomic E-state index is 11.3. The van der Waals surface area contributed by atoms with Gasteiger partial charge in [-0.05, 0) is 24.3 Å². The smallest absolute Gasteiger partial charge is 0.338 e. The quantitative estimate of drug-likeness (QED) is 0.572. The molecule has 0 saturated carbocycles. The predicted molar refractivity (Wildman–Crippen MR) is 50.6 cm³/mol. The van der Waals surface area contributed by atoms with E-state index in [2.05, 4.69) is 0 Å². The molecule has 2 aliphatic rings. The molecule has 1 aromatic carbocycles. The van der Waals surface area contributed by atoms with Crippen molar-refractivity contribution >= 4 is 11.9 Å². The molecule has 0 amide bonds. The lowest BCUT2D eigenvalue weighted by Gasteiger charge is -2.09. The molecule has 15 heavy (non-hydrogen) atoms. The Balaban J connectivity index is 0.00000112. The van der Waals surface area contributed by atoms with Gasteiger partial charge in [-0.25, -0.2) is 9.59 Å². The molecule has 80 valence electrons. The zero-order valence-electron chi connectivity index (χ0n) is 7.86. The Hall–Kier alpha value is -1.88. The van der Waals surface area contributed by atoms with Crippen LogP contribution >= 0.6 is 0 Å². The standard InChI is InChI=1S/C10H8O4.H2O/c11-9-7-1-2-8(4-3-7)10(12)14-6-5-13-9;/h1-4H,5-6H2;1H2. The van der Waals surface area contributed by atoms with Crippen LogP contribution in [-0.2, 0) is 9.47 Å². The fourth-order valence-electron chi connectivity index (χ4n) is 1.18. The third-order valence-electron chi connectivity index (χ3n) is 1.91. The van der Waals surface area contributed by atoms with Crippen LogP contribution in [0.5, 0.6) is 0 Å². The van der Waals surface area contributed by atoms with E-state index in [9.17, 15) is 9.59 Å². The summed E-state index contributed by atoms with van der Waals surface area (Å²) in [7, 11) is 0. The molecule has 0 radical (unpaired) electrons. The second-order valence-corrected chi connectivity index (χ2v) is 2.85. The highest BCUT2D eigenvalue weighted by molar-refractivity contribution is 5.93. The summed E-state index contributed by atoms with van der Waals surface area (Å²) in [6.07, 6.45) is 0. The number of carbonyl (C=O) groups excluding carboxylic acids is 2. The molecule has 5 heteroatoms. The number of carbonyl (C=O) groups is 2. The van der Waals surface area contributed by atoms with Crippen molar-refractivity contribution in [3.05, 3.63) is 35.4 Å². The van der Waals surface area contributed by atoms with Crippen molar-refractivity contribution in [1.82, 2.24) is 0 Å². The molecule has 0 aliphatic carbocycles. The van der Waals surface area contributed by atoms with Crippen molar-refractivity contribution < 1.29 is 24.5 Å². The maximum absolute atomic E-state index is 11.3. The molecule has 3 rings (SSSR count). The fraction of sp³-hybridized carbons (Fsp3) is 0.200. The lowest BCUT2D eigenvalue weighted by atomic mass is 10.1. The van der Waals surface area contributed by atoms with Gasteiger partial charge in [0.15, 0.2) is 0 Å². The summed E-state index contributed by atoms with van der Waals surface area (Å²) in [5, 5.41) is 0. The Morgan fingerprint density at radius 2 is 1.13 bits per heavy atom. The lowest BCUT2D eigenvalue weighted by molar-refractivity contribution is 0.0260. The summed E-state index contributed by atoms with van der Waals surface area (Å²) in [5.74, 6) is -0.788. The van der Waals surface area contributed by atoms with Gasteiger partial charge in [-0.15, -0.1) is 0 Å². The highest BCUT2D eigenvalue weighted by Crippen LogP contribution is 2.09. The highest BCUT2D eigenvalue weighted by Gasteiger charge is 2.13. The summed E-state index contributed by atoms with van der Waals surface area (Å²) in [5.41, 5.74) is 0.895. The molecular weight excluding hydrogens is 200 g/mol. The third kappa shape index (κ3) is 2.32. The fourth-order valence-corrected chi connectivity index (χ4v) is 1.18. The Morgan fingerprint density at radius 3 is 1.47 bits per heavy atom. The molecule has 2 N–H and O–H groups in total. The molecule has 0 atom stereocenters. The van der Waals surface area contributed by atoms with Crippen molar-refractivity contribution in [3.8, 4) is 0 Å². The summed E-state index contributed by atoms with van der Waals surface area (Å²) < 4.78 is 9.66. The predicted octanol–water partition coefficient (Wildman–Crippen LogP) is 0.189. The van der Waals surface area contributed by atoms with Gasteiger partial charge in [-0.1, -0.05) is 0 Å². The monoisotopic (exact) mass is 210 g/mol. The Morgan fingerprint density at radius 1 is 0.800 bits per heavy atom. The summed E-state index contributed by atoms with van der Waals surface area (Å²) in [4.78, 5) is 22.5. The maximum Gasteiger partial charge on any atom is 0.338 e. The minimum Gasteiger partial charge on any atom is -0.458 e. The van der Waals surface area contributed by atoms with E-state index in [4.69, 9.17) is 9.47 Å². The number of benzene rings is 1. The summed E-state index contributed by atoms with van der Waals surface area (Å²) in [6.45, 7) is 0.200. The van der Waals surface area contributed by atoms with Gasteiger partial charge in [-0.3, -0.25) is 0 Å². The van der Waals surface area contributed by atoms with Crippen LogP contribution in [0.3, 0.4) is 0 Å². The normalized spacial score (nSPS) is 14.9.